The van der Waals surface area contributed by atoms with Gasteiger partial charge in [0.25, 0.3) is 0 Å². The topological polar surface area (TPSA) is 69.9 Å². The number of likely N-dealkylation sites (tertiary alicyclic amines) is 1. The van der Waals surface area contributed by atoms with Crippen LogP contribution in [0.5, 0.6) is 0 Å². The summed E-state index contributed by atoms with van der Waals surface area (Å²) in [6, 6.07) is 0. The molecule has 0 aromatic rings. The van der Waals surface area contributed by atoms with Gasteiger partial charge in [-0.3, -0.25) is 14.5 Å². The number of hydrogen-bond acceptors (Lipinski definition) is 4. The first kappa shape index (κ1) is 13.3. The van der Waals surface area contributed by atoms with Crippen LogP contribution in [-0.2, 0) is 9.59 Å². The molecular formula is C12H22N4O2. The van der Waals surface area contributed by atoms with Crippen molar-refractivity contribution in [3.63, 3.8) is 0 Å². The van der Waals surface area contributed by atoms with Gasteiger partial charge in [0.15, 0.2) is 0 Å². The van der Waals surface area contributed by atoms with Crippen molar-refractivity contribution >= 4 is 11.8 Å². The van der Waals surface area contributed by atoms with Gasteiger partial charge in [-0.2, -0.15) is 0 Å². The molecule has 0 bridgehead atoms. The van der Waals surface area contributed by atoms with E-state index in [2.05, 4.69) is 4.90 Å². The standard InChI is InChI=1S/C12H22N4O2/c13-3-6-14-7-9-16(10-8-14)12(18)11(17)15-4-1-2-5-15/h1-10,13H2. The van der Waals surface area contributed by atoms with E-state index in [0.717, 1.165) is 45.6 Å². The van der Waals surface area contributed by atoms with Crippen LogP contribution in [-0.4, -0.2) is 78.9 Å². The maximum absolute atomic E-state index is 12.0. The molecule has 2 heterocycles. The first-order chi connectivity index (χ1) is 8.72. The highest BCUT2D eigenvalue weighted by Gasteiger charge is 2.30. The molecule has 0 aromatic carbocycles. The van der Waals surface area contributed by atoms with Crippen LogP contribution >= 0.6 is 0 Å². The van der Waals surface area contributed by atoms with E-state index in [9.17, 15) is 9.59 Å². The van der Waals surface area contributed by atoms with Gasteiger partial charge in [0.1, 0.15) is 0 Å². The summed E-state index contributed by atoms with van der Waals surface area (Å²) >= 11 is 0. The van der Waals surface area contributed by atoms with E-state index in [1.807, 2.05) is 0 Å². The molecular weight excluding hydrogens is 232 g/mol. The first-order valence-electron chi connectivity index (χ1n) is 6.73. The fourth-order valence-electron chi connectivity index (χ4n) is 2.55. The number of carbonyl (C=O) groups excluding carboxylic acids is 2. The molecule has 0 unspecified atom stereocenters. The Kier molecular flexibility index (Phi) is 4.54. The maximum atomic E-state index is 12.0. The van der Waals surface area contributed by atoms with Gasteiger partial charge in [0.05, 0.1) is 0 Å². The van der Waals surface area contributed by atoms with Crippen molar-refractivity contribution in [2.75, 3.05) is 52.4 Å². The summed E-state index contributed by atoms with van der Waals surface area (Å²) in [6.07, 6.45) is 2.03. The highest BCUT2D eigenvalue weighted by molar-refractivity contribution is 6.34. The zero-order valence-corrected chi connectivity index (χ0v) is 10.8. The molecule has 2 aliphatic rings. The molecule has 18 heavy (non-hydrogen) atoms. The summed E-state index contributed by atoms with van der Waals surface area (Å²) in [5, 5.41) is 0. The molecule has 6 nitrogen and oxygen atoms in total. The summed E-state index contributed by atoms with van der Waals surface area (Å²) in [6.45, 7) is 5.88. The fraction of sp³-hybridized carbons (Fsp3) is 0.833. The highest BCUT2D eigenvalue weighted by Crippen LogP contribution is 2.10. The molecule has 0 saturated carbocycles. The molecule has 0 spiro atoms. The van der Waals surface area contributed by atoms with E-state index < -0.39 is 0 Å². The minimum Gasteiger partial charge on any atom is -0.334 e. The first-order valence-corrected chi connectivity index (χ1v) is 6.73. The summed E-state index contributed by atoms with van der Waals surface area (Å²) in [7, 11) is 0. The molecule has 0 aliphatic carbocycles. The predicted octanol–water partition coefficient (Wildman–Crippen LogP) is -1.29. The number of nitrogens with two attached hydrogens (primary N) is 1. The van der Waals surface area contributed by atoms with E-state index in [0.29, 0.717) is 19.6 Å². The van der Waals surface area contributed by atoms with E-state index in [4.69, 9.17) is 5.73 Å². The monoisotopic (exact) mass is 254 g/mol. The second kappa shape index (κ2) is 6.15. The van der Waals surface area contributed by atoms with Crippen LogP contribution < -0.4 is 5.73 Å². The number of nitrogens with zero attached hydrogens (tertiary/aromatic N) is 3. The number of amides is 2. The Balaban J connectivity index is 1.81. The number of rotatable bonds is 2. The van der Waals surface area contributed by atoms with Crippen molar-refractivity contribution in [2.24, 2.45) is 5.73 Å². The van der Waals surface area contributed by atoms with Gasteiger partial charge in [-0.05, 0) is 12.8 Å². The largest absolute Gasteiger partial charge is 0.334 e. The third-order valence-corrected chi connectivity index (χ3v) is 3.68. The van der Waals surface area contributed by atoms with Crippen LogP contribution in [0.4, 0.5) is 0 Å². The molecule has 6 heteroatoms. The van der Waals surface area contributed by atoms with Gasteiger partial charge >= 0.3 is 11.8 Å². The smallest absolute Gasteiger partial charge is 0.312 e. The Bertz CT molecular complexity index is 307. The Morgan fingerprint density at radius 1 is 0.833 bits per heavy atom. The molecule has 0 aromatic heterocycles. The van der Waals surface area contributed by atoms with E-state index >= 15 is 0 Å². The molecule has 2 aliphatic heterocycles. The number of hydrogen-bond donors (Lipinski definition) is 1. The summed E-state index contributed by atoms with van der Waals surface area (Å²) in [4.78, 5) is 29.6. The number of piperazine rings is 1. The zero-order chi connectivity index (χ0) is 13.0. The van der Waals surface area contributed by atoms with E-state index in [1.54, 1.807) is 9.80 Å². The quantitative estimate of drug-likeness (QED) is 0.623. The molecule has 2 amide bonds. The zero-order valence-electron chi connectivity index (χ0n) is 10.8. The summed E-state index contributed by atoms with van der Waals surface area (Å²) in [5.74, 6) is -0.649. The molecule has 0 atom stereocenters. The van der Waals surface area contributed by atoms with Crippen molar-refractivity contribution in [1.82, 2.24) is 14.7 Å². The molecule has 0 radical (unpaired) electrons. The minimum atomic E-state index is -0.329. The predicted molar refractivity (Wildman–Crippen MR) is 67.9 cm³/mol. The van der Waals surface area contributed by atoms with Gasteiger partial charge in [-0.15, -0.1) is 0 Å². The molecule has 2 fully saturated rings. The highest BCUT2D eigenvalue weighted by atomic mass is 16.2. The Morgan fingerprint density at radius 3 is 1.83 bits per heavy atom. The van der Waals surface area contributed by atoms with Gasteiger partial charge in [0, 0.05) is 52.4 Å². The average molecular weight is 254 g/mol. The van der Waals surface area contributed by atoms with Crippen LogP contribution in [0.2, 0.25) is 0 Å². The average Bonchev–Trinajstić information content (AvgIpc) is 2.92. The van der Waals surface area contributed by atoms with Gasteiger partial charge < -0.3 is 15.5 Å². The summed E-state index contributed by atoms with van der Waals surface area (Å²) in [5.41, 5.74) is 5.50. The molecule has 102 valence electrons. The molecule has 2 saturated heterocycles. The lowest BCUT2D eigenvalue weighted by atomic mass is 10.3. The second-order valence-electron chi connectivity index (χ2n) is 4.92. The lowest BCUT2D eigenvalue weighted by molar-refractivity contribution is -0.152. The van der Waals surface area contributed by atoms with Crippen molar-refractivity contribution in [3.05, 3.63) is 0 Å². The Morgan fingerprint density at radius 2 is 1.33 bits per heavy atom. The third kappa shape index (κ3) is 3.00. The summed E-state index contributed by atoms with van der Waals surface area (Å²) < 4.78 is 0. The number of carbonyl (C=O) groups is 2. The minimum absolute atomic E-state index is 0.320. The SMILES string of the molecule is NCCN1CCN(C(=O)C(=O)N2CCCC2)CC1. The lowest BCUT2D eigenvalue weighted by Gasteiger charge is -2.34. The molecule has 2 rings (SSSR count). The van der Waals surface area contributed by atoms with Gasteiger partial charge in [0.2, 0.25) is 0 Å². The van der Waals surface area contributed by atoms with Crippen molar-refractivity contribution in [2.45, 2.75) is 12.8 Å². The Labute approximate surface area is 108 Å². The van der Waals surface area contributed by atoms with Gasteiger partial charge in [-0.1, -0.05) is 0 Å². The fourth-order valence-corrected chi connectivity index (χ4v) is 2.55. The van der Waals surface area contributed by atoms with Crippen LogP contribution in [0.1, 0.15) is 12.8 Å². The van der Waals surface area contributed by atoms with Crippen molar-refractivity contribution < 1.29 is 9.59 Å². The normalized spacial score (nSPS) is 21.4. The lowest BCUT2D eigenvalue weighted by Crippen LogP contribution is -2.53. The van der Waals surface area contributed by atoms with Crippen LogP contribution in [0, 0.1) is 0 Å². The third-order valence-electron chi connectivity index (χ3n) is 3.68. The van der Waals surface area contributed by atoms with Crippen LogP contribution in [0.25, 0.3) is 0 Å². The molecule has 2 N–H and O–H groups in total. The van der Waals surface area contributed by atoms with Gasteiger partial charge in [-0.25, -0.2) is 0 Å². The Hall–Kier alpha value is -1.14. The maximum Gasteiger partial charge on any atom is 0.312 e. The van der Waals surface area contributed by atoms with E-state index in [-0.39, 0.29) is 11.8 Å². The van der Waals surface area contributed by atoms with Crippen molar-refractivity contribution in [3.8, 4) is 0 Å². The van der Waals surface area contributed by atoms with Crippen LogP contribution in [0.3, 0.4) is 0 Å². The van der Waals surface area contributed by atoms with E-state index in [1.165, 1.54) is 0 Å². The van der Waals surface area contributed by atoms with Crippen molar-refractivity contribution in [1.29, 1.82) is 0 Å². The second-order valence-corrected chi connectivity index (χ2v) is 4.92. The van der Waals surface area contributed by atoms with Crippen LogP contribution in [0.15, 0.2) is 0 Å².